The quantitative estimate of drug-likeness (QED) is 0.855. The van der Waals surface area contributed by atoms with E-state index >= 15 is 0 Å². The number of nitrogens with two attached hydrogens (primary N) is 1. The molecule has 98 valence electrons. The number of anilines is 1. The van der Waals surface area contributed by atoms with E-state index in [0.717, 1.165) is 23.5 Å². The van der Waals surface area contributed by atoms with Gasteiger partial charge < -0.3 is 10.3 Å². The molecule has 2 rings (SSSR count). The normalized spacial score (nSPS) is 10.4. The van der Waals surface area contributed by atoms with E-state index in [0.29, 0.717) is 12.4 Å². The van der Waals surface area contributed by atoms with E-state index in [1.165, 1.54) is 11.1 Å². The monoisotopic (exact) mass is 253 g/mol. The number of imidazole rings is 1. The van der Waals surface area contributed by atoms with Crippen molar-refractivity contribution in [3.63, 3.8) is 0 Å². The lowest BCUT2D eigenvalue weighted by atomic mass is 10.0. The van der Waals surface area contributed by atoms with Gasteiger partial charge in [0, 0.05) is 12.0 Å². The van der Waals surface area contributed by atoms with Gasteiger partial charge in [-0.3, -0.25) is 0 Å². The maximum absolute atomic E-state index is 6.22. The first-order valence-electron chi connectivity index (χ1n) is 6.45. The first-order chi connectivity index (χ1) is 9.10. The van der Waals surface area contributed by atoms with Crippen molar-refractivity contribution in [3.8, 4) is 23.6 Å². The lowest BCUT2D eigenvalue weighted by Gasteiger charge is -2.07. The second kappa shape index (κ2) is 5.19. The van der Waals surface area contributed by atoms with E-state index in [-0.39, 0.29) is 0 Å². The Bertz CT molecular complexity index is 645. The maximum Gasteiger partial charge on any atom is 0.132 e. The van der Waals surface area contributed by atoms with Gasteiger partial charge in [-0.1, -0.05) is 31.0 Å². The van der Waals surface area contributed by atoms with Gasteiger partial charge in [0.15, 0.2) is 0 Å². The number of benzene rings is 1. The molecule has 0 radical (unpaired) electrons. The molecule has 3 heteroatoms. The molecule has 19 heavy (non-hydrogen) atoms. The molecule has 0 bridgehead atoms. The lowest BCUT2D eigenvalue weighted by Crippen LogP contribution is -2.05. The first kappa shape index (κ1) is 13.2. The van der Waals surface area contributed by atoms with E-state index in [1.807, 2.05) is 10.6 Å². The molecular formula is C16H19N3. The molecule has 0 aliphatic rings. The summed E-state index contributed by atoms with van der Waals surface area (Å²) in [5, 5.41) is 0. The highest BCUT2D eigenvalue weighted by atomic mass is 15.1. The van der Waals surface area contributed by atoms with Gasteiger partial charge in [-0.05, 0) is 25.0 Å². The van der Waals surface area contributed by atoms with Gasteiger partial charge in [0.25, 0.3) is 0 Å². The first-order valence-corrected chi connectivity index (χ1v) is 6.45. The van der Waals surface area contributed by atoms with Gasteiger partial charge in [-0.25, -0.2) is 4.98 Å². The predicted molar refractivity (Wildman–Crippen MR) is 79.8 cm³/mol. The van der Waals surface area contributed by atoms with Crippen LogP contribution >= 0.6 is 0 Å². The third kappa shape index (κ3) is 2.22. The average Bonchev–Trinajstić information content (AvgIpc) is 2.71. The number of hydrogen-bond acceptors (Lipinski definition) is 2. The standard InChI is InChI=1S/C16H19N3/c1-5-10-19-14(6-2)18-15(16(19)17)13-9-7-8-11(3)12(13)4/h1,7-9H,6,10,17H2,2-4H3. The second-order valence-corrected chi connectivity index (χ2v) is 4.65. The zero-order valence-corrected chi connectivity index (χ0v) is 11.7. The van der Waals surface area contributed by atoms with Crippen LogP contribution in [0.5, 0.6) is 0 Å². The van der Waals surface area contributed by atoms with Crippen molar-refractivity contribution in [3.05, 3.63) is 35.2 Å². The third-order valence-corrected chi connectivity index (χ3v) is 3.51. The fourth-order valence-electron chi connectivity index (χ4n) is 2.26. The molecule has 2 aromatic rings. The Morgan fingerprint density at radius 1 is 1.37 bits per heavy atom. The molecule has 0 spiro atoms. The molecule has 0 fully saturated rings. The van der Waals surface area contributed by atoms with Crippen LogP contribution in [-0.2, 0) is 13.0 Å². The molecule has 1 heterocycles. The number of aromatic nitrogens is 2. The molecular weight excluding hydrogens is 234 g/mol. The Hall–Kier alpha value is -2.21. The van der Waals surface area contributed by atoms with Crippen LogP contribution in [0.4, 0.5) is 5.82 Å². The zero-order chi connectivity index (χ0) is 14.0. The molecule has 1 aromatic heterocycles. The summed E-state index contributed by atoms with van der Waals surface area (Å²) >= 11 is 0. The summed E-state index contributed by atoms with van der Waals surface area (Å²) in [5.41, 5.74) is 10.6. The van der Waals surface area contributed by atoms with E-state index in [2.05, 4.69) is 43.8 Å². The van der Waals surface area contributed by atoms with Crippen molar-refractivity contribution in [2.45, 2.75) is 33.7 Å². The summed E-state index contributed by atoms with van der Waals surface area (Å²) in [6.45, 7) is 6.71. The minimum Gasteiger partial charge on any atom is -0.383 e. The van der Waals surface area contributed by atoms with Crippen molar-refractivity contribution in [1.29, 1.82) is 0 Å². The largest absolute Gasteiger partial charge is 0.383 e. The second-order valence-electron chi connectivity index (χ2n) is 4.65. The molecule has 0 aliphatic heterocycles. The molecule has 0 atom stereocenters. The topological polar surface area (TPSA) is 43.8 Å². The number of rotatable bonds is 3. The molecule has 0 unspecified atom stereocenters. The van der Waals surface area contributed by atoms with Crippen molar-refractivity contribution in [1.82, 2.24) is 9.55 Å². The summed E-state index contributed by atoms with van der Waals surface area (Å²) in [7, 11) is 0. The van der Waals surface area contributed by atoms with Crippen molar-refractivity contribution < 1.29 is 0 Å². The van der Waals surface area contributed by atoms with Crippen LogP contribution in [0.3, 0.4) is 0 Å². The summed E-state index contributed by atoms with van der Waals surface area (Å²) in [6, 6.07) is 6.18. The minimum absolute atomic E-state index is 0.465. The average molecular weight is 253 g/mol. The maximum atomic E-state index is 6.22. The zero-order valence-electron chi connectivity index (χ0n) is 11.7. The number of terminal acetylenes is 1. The van der Waals surface area contributed by atoms with Gasteiger partial charge in [-0.15, -0.1) is 6.42 Å². The molecule has 0 aliphatic carbocycles. The van der Waals surface area contributed by atoms with E-state index in [9.17, 15) is 0 Å². The Labute approximate surface area is 114 Å². The van der Waals surface area contributed by atoms with Gasteiger partial charge >= 0.3 is 0 Å². The predicted octanol–water partition coefficient (Wildman–Crippen LogP) is 2.94. The minimum atomic E-state index is 0.465. The van der Waals surface area contributed by atoms with Crippen molar-refractivity contribution >= 4 is 5.82 Å². The highest BCUT2D eigenvalue weighted by Gasteiger charge is 2.16. The van der Waals surface area contributed by atoms with Crippen molar-refractivity contribution in [2.75, 3.05) is 5.73 Å². The number of hydrogen-bond donors (Lipinski definition) is 1. The molecule has 2 N–H and O–H groups in total. The summed E-state index contributed by atoms with van der Waals surface area (Å²) in [6.07, 6.45) is 6.22. The Morgan fingerprint density at radius 3 is 2.74 bits per heavy atom. The van der Waals surface area contributed by atoms with Crippen LogP contribution in [0.1, 0.15) is 23.9 Å². The number of nitrogen functional groups attached to an aromatic ring is 1. The van der Waals surface area contributed by atoms with E-state index < -0.39 is 0 Å². The van der Waals surface area contributed by atoms with Crippen LogP contribution in [-0.4, -0.2) is 9.55 Å². The Morgan fingerprint density at radius 2 is 2.11 bits per heavy atom. The van der Waals surface area contributed by atoms with Crippen LogP contribution in [0.25, 0.3) is 11.3 Å². The fraction of sp³-hybridized carbons (Fsp3) is 0.312. The summed E-state index contributed by atoms with van der Waals surface area (Å²) < 4.78 is 1.91. The summed E-state index contributed by atoms with van der Waals surface area (Å²) in [4.78, 5) is 4.66. The number of aryl methyl sites for hydroxylation is 2. The molecule has 0 saturated carbocycles. The number of nitrogens with zero attached hydrogens (tertiary/aromatic N) is 2. The van der Waals surface area contributed by atoms with Gasteiger partial charge in [0.05, 0.1) is 6.54 Å². The Balaban J connectivity index is 2.64. The smallest absolute Gasteiger partial charge is 0.132 e. The van der Waals surface area contributed by atoms with Crippen LogP contribution in [0, 0.1) is 26.2 Å². The highest BCUT2D eigenvalue weighted by molar-refractivity contribution is 5.74. The molecule has 0 saturated heterocycles. The van der Waals surface area contributed by atoms with Crippen LogP contribution in [0.2, 0.25) is 0 Å². The SMILES string of the molecule is C#CCn1c(CC)nc(-c2cccc(C)c2C)c1N. The lowest BCUT2D eigenvalue weighted by molar-refractivity contribution is 0.769. The molecule has 0 amide bonds. The van der Waals surface area contributed by atoms with Crippen LogP contribution in [0.15, 0.2) is 18.2 Å². The Kier molecular flexibility index (Phi) is 3.62. The van der Waals surface area contributed by atoms with Gasteiger partial charge in [0.1, 0.15) is 17.3 Å². The van der Waals surface area contributed by atoms with E-state index in [1.54, 1.807) is 0 Å². The highest BCUT2D eigenvalue weighted by Crippen LogP contribution is 2.30. The van der Waals surface area contributed by atoms with Gasteiger partial charge in [-0.2, -0.15) is 0 Å². The van der Waals surface area contributed by atoms with Gasteiger partial charge in [0.2, 0.25) is 0 Å². The van der Waals surface area contributed by atoms with Crippen molar-refractivity contribution in [2.24, 2.45) is 0 Å². The van der Waals surface area contributed by atoms with E-state index in [4.69, 9.17) is 12.2 Å². The van der Waals surface area contributed by atoms with Crippen LogP contribution < -0.4 is 5.73 Å². The molecule has 1 aromatic carbocycles. The fourth-order valence-corrected chi connectivity index (χ4v) is 2.26. The summed E-state index contributed by atoms with van der Waals surface area (Å²) in [5.74, 6) is 4.23. The molecule has 3 nitrogen and oxygen atoms in total. The third-order valence-electron chi connectivity index (χ3n) is 3.51.